The van der Waals surface area contributed by atoms with Crippen molar-refractivity contribution in [1.82, 2.24) is 0 Å². The molecule has 1 aliphatic carbocycles. The summed E-state index contributed by atoms with van der Waals surface area (Å²) in [5, 5.41) is 0. The van der Waals surface area contributed by atoms with Gasteiger partial charge in [-0.15, -0.1) is 0 Å². The van der Waals surface area contributed by atoms with Crippen LogP contribution in [0.1, 0.15) is 129 Å². The van der Waals surface area contributed by atoms with Crippen LogP contribution in [0.4, 0.5) is 0 Å². The van der Waals surface area contributed by atoms with Crippen molar-refractivity contribution in [3.8, 4) is 0 Å². The Kier molecular flexibility index (Phi) is 14.3. The zero-order valence-corrected chi connectivity index (χ0v) is 17.7. The van der Waals surface area contributed by atoms with Crippen LogP contribution in [0.5, 0.6) is 0 Å². The number of ketones is 3. The third kappa shape index (κ3) is 11.4. The van der Waals surface area contributed by atoms with Crippen LogP contribution >= 0.6 is 0 Å². The van der Waals surface area contributed by atoms with Gasteiger partial charge in [0.2, 0.25) is 0 Å². The van der Waals surface area contributed by atoms with Gasteiger partial charge in [0, 0.05) is 19.3 Å². The molecule has 0 unspecified atom stereocenters. The minimum absolute atomic E-state index is 0.126. The highest BCUT2D eigenvalue weighted by Crippen LogP contribution is 2.21. The fourth-order valence-electron chi connectivity index (χ4n) is 4.08. The van der Waals surface area contributed by atoms with Crippen LogP contribution in [0.3, 0.4) is 0 Å². The van der Waals surface area contributed by atoms with Crippen molar-refractivity contribution in [3.05, 3.63) is 0 Å². The summed E-state index contributed by atoms with van der Waals surface area (Å²) in [4.78, 5) is 35.6. The van der Waals surface area contributed by atoms with E-state index >= 15 is 0 Å². The van der Waals surface area contributed by atoms with Gasteiger partial charge in [0.15, 0.2) is 17.3 Å². The molecular weight excluding hydrogens is 336 g/mol. The molecule has 0 bridgehead atoms. The molecule has 3 heteroatoms. The van der Waals surface area contributed by atoms with Crippen molar-refractivity contribution in [2.24, 2.45) is 5.92 Å². The lowest BCUT2D eigenvalue weighted by Crippen LogP contribution is -2.35. The molecule has 1 saturated carbocycles. The van der Waals surface area contributed by atoms with Crippen molar-refractivity contribution in [1.29, 1.82) is 0 Å². The Morgan fingerprint density at radius 2 is 1.04 bits per heavy atom. The second-order valence-corrected chi connectivity index (χ2v) is 8.39. The molecule has 1 aliphatic rings. The first-order valence-corrected chi connectivity index (χ1v) is 11.7. The van der Waals surface area contributed by atoms with Gasteiger partial charge in [-0.3, -0.25) is 14.4 Å². The Morgan fingerprint density at radius 3 is 1.44 bits per heavy atom. The summed E-state index contributed by atoms with van der Waals surface area (Å²) in [5.41, 5.74) is 0. The largest absolute Gasteiger partial charge is 0.298 e. The number of hydrogen-bond donors (Lipinski definition) is 0. The molecule has 1 rings (SSSR count). The summed E-state index contributed by atoms with van der Waals surface area (Å²) in [6, 6.07) is 0. The summed E-state index contributed by atoms with van der Waals surface area (Å²) >= 11 is 0. The smallest absolute Gasteiger partial charge is 0.150 e. The summed E-state index contributed by atoms with van der Waals surface area (Å²) in [7, 11) is 0. The molecule has 0 atom stereocenters. The number of carbonyl (C=O) groups excluding carboxylic acids is 3. The minimum atomic E-state index is -0.912. The highest BCUT2D eigenvalue weighted by Gasteiger charge is 2.34. The van der Waals surface area contributed by atoms with E-state index in [9.17, 15) is 14.4 Å². The summed E-state index contributed by atoms with van der Waals surface area (Å²) in [5.74, 6) is -1.32. The predicted molar refractivity (Wildman–Crippen MR) is 112 cm³/mol. The van der Waals surface area contributed by atoms with Gasteiger partial charge in [0.1, 0.15) is 5.92 Å². The van der Waals surface area contributed by atoms with Gasteiger partial charge >= 0.3 is 0 Å². The molecule has 0 aliphatic heterocycles. The zero-order valence-electron chi connectivity index (χ0n) is 17.7. The first kappa shape index (κ1) is 24.0. The second-order valence-electron chi connectivity index (χ2n) is 8.39. The van der Waals surface area contributed by atoms with E-state index in [0.29, 0.717) is 25.7 Å². The van der Waals surface area contributed by atoms with Crippen LogP contribution in [0.15, 0.2) is 0 Å². The topological polar surface area (TPSA) is 51.2 Å². The first-order chi connectivity index (χ1) is 13.2. The van der Waals surface area contributed by atoms with Crippen LogP contribution in [-0.4, -0.2) is 17.3 Å². The average Bonchev–Trinajstić information content (AvgIpc) is 2.64. The summed E-state index contributed by atoms with van der Waals surface area (Å²) in [6.07, 6.45) is 21.2. The lowest BCUT2D eigenvalue weighted by atomic mass is 9.82. The number of hydrogen-bond acceptors (Lipinski definition) is 3. The Bertz CT molecular complexity index is 411. The molecule has 1 fully saturated rings. The highest BCUT2D eigenvalue weighted by atomic mass is 16.2. The van der Waals surface area contributed by atoms with Gasteiger partial charge in [-0.1, -0.05) is 96.8 Å². The van der Waals surface area contributed by atoms with Crippen molar-refractivity contribution in [3.63, 3.8) is 0 Å². The van der Waals surface area contributed by atoms with E-state index in [1.54, 1.807) is 0 Å². The molecule has 3 nitrogen and oxygen atoms in total. The highest BCUT2D eigenvalue weighted by molar-refractivity contribution is 6.20. The van der Waals surface area contributed by atoms with Gasteiger partial charge < -0.3 is 0 Å². The molecule has 0 aromatic rings. The Morgan fingerprint density at radius 1 is 0.667 bits per heavy atom. The Hall–Kier alpha value is -0.990. The van der Waals surface area contributed by atoms with Gasteiger partial charge in [0.05, 0.1) is 0 Å². The molecular formula is C24H42O3. The predicted octanol–water partition coefficient (Wildman–Crippen LogP) is 6.76. The summed E-state index contributed by atoms with van der Waals surface area (Å²) in [6.45, 7) is 2.27. The van der Waals surface area contributed by atoms with Crippen LogP contribution in [-0.2, 0) is 14.4 Å². The Labute approximate surface area is 167 Å². The normalized spacial score (nSPS) is 15.4. The monoisotopic (exact) mass is 378 g/mol. The number of carbonyl (C=O) groups is 3. The molecule has 0 heterocycles. The molecule has 0 aromatic carbocycles. The van der Waals surface area contributed by atoms with Gasteiger partial charge in [-0.2, -0.15) is 0 Å². The van der Waals surface area contributed by atoms with Crippen LogP contribution < -0.4 is 0 Å². The first-order valence-electron chi connectivity index (χ1n) is 11.7. The zero-order chi connectivity index (χ0) is 19.7. The van der Waals surface area contributed by atoms with Crippen molar-refractivity contribution in [2.45, 2.75) is 129 Å². The van der Waals surface area contributed by atoms with E-state index in [-0.39, 0.29) is 17.3 Å². The minimum Gasteiger partial charge on any atom is -0.298 e. The molecule has 0 amide bonds. The SMILES string of the molecule is CCCCCCCCCCCCCCCCCC(=O)C1C(=O)CCCC1=O. The van der Waals surface area contributed by atoms with E-state index in [4.69, 9.17) is 0 Å². The van der Waals surface area contributed by atoms with Gasteiger partial charge in [-0.05, 0) is 12.8 Å². The Balaban J connectivity index is 1.86. The third-order valence-corrected chi connectivity index (χ3v) is 5.84. The summed E-state index contributed by atoms with van der Waals surface area (Å²) < 4.78 is 0. The van der Waals surface area contributed by atoms with Gasteiger partial charge in [-0.25, -0.2) is 0 Å². The van der Waals surface area contributed by atoms with E-state index in [0.717, 1.165) is 19.3 Å². The molecule has 0 saturated heterocycles. The quantitative estimate of drug-likeness (QED) is 0.208. The molecule has 0 aromatic heterocycles. The molecule has 0 N–H and O–H groups in total. The standard InChI is InChI=1S/C24H42O3/c1-2-3-4-5-6-7-8-9-10-11-12-13-14-15-16-18-21(25)24-22(26)19-17-20-23(24)27/h24H,2-20H2,1H3. The van der Waals surface area contributed by atoms with E-state index in [2.05, 4.69) is 6.92 Å². The maximum atomic E-state index is 12.1. The third-order valence-electron chi connectivity index (χ3n) is 5.84. The lowest BCUT2D eigenvalue weighted by molar-refractivity contribution is -0.142. The maximum absolute atomic E-state index is 12.1. The van der Waals surface area contributed by atoms with Crippen LogP contribution in [0.2, 0.25) is 0 Å². The van der Waals surface area contributed by atoms with Crippen LogP contribution in [0.25, 0.3) is 0 Å². The van der Waals surface area contributed by atoms with E-state index in [1.807, 2.05) is 0 Å². The van der Waals surface area contributed by atoms with Crippen molar-refractivity contribution in [2.75, 3.05) is 0 Å². The average molecular weight is 379 g/mol. The van der Waals surface area contributed by atoms with E-state index in [1.165, 1.54) is 77.0 Å². The second kappa shape index (κ2) is 16.0. The fraction of sp³-hybridized carbons (Fsp3) is 0.875. The maximum Gasteiger partial charge on any atom is 0.150 e. The molecule has 0 spiro atoms. The van der Waals surface area contributed by atoms with Crippen LogP contribution in [0, 0.1) is 5.92 Å². The number of Topliss-reactive ketones (excluding diaryl/α,β-unsaturated/α-hetero) is 3. The number of unbranched alkanes of at least 4 members (excludes halogenated alkanes) is 14. The fourth-order valence-corrected chi connectivity index (χ4v) is 4.08. The van der Waals surface area contributed by atoms with Crippen molar-refractivity contribution < 1.29 is 14.4 Å². The van der Waals surface area contributed by atoms with E-state index < -0.39 is 5.92 Å². The van der Waals surface area contributed by atoms with Crippen molar-refractivity contribution >= 4 is 17.3 Å². The number of rotatable bonds is 17. The lowest BCUT2D eigenvalue weighted by Gasteiger charge is -2.17. The molecule has 27 heavy (non-hydrogen) atoms. The molecule has 156 valence electrons. The molecule has 0 radical (unpaired) electrons. The van der Waals surface area contributed by atoms with Gasteiger partial charge in [0.25, 0.3) is 0 Å².